The maximum Gasteiger partial charge on any atom is 0.191 e. The highest BCUT2D eigenvalue weighted by molar-refractivity contribution is 5.79. The molecule has 1 saturated heterocycles. The standard InChI is InChI=1S/C15H25N5/c1-15(2,3)20-10-8-19(9-11-20)13-6-4-12(5-7-13)18-14(16)17/h4-7H,8-11H2,1-3H3,(H4,16,17,18). The second-order valence-electron chi connectivity index (χ2n) is 6.20. The third-order valence-electron chi connectivity index (χ3n) is 3.70. The Labute approximate surface area is 121 Å². The van der Waals surface area contributed by atoms with Crippen LogP contribution in [0.4, 0.5) is 11.4 Å². The van der Waals surface area contributed by atoms with E-state index in [2.05, 4.69) is 47.7 Å². The SMILES string of the molecule is CC(C)(C)N1CCN(c2ccc(N=C(N)N)cc2)CC1. The van der Waals surface area contributed by atoms with E-state index in [1.54, 1.807) is 0 Å². The Balaban J connectivity index is 1.99. The average Bonchev–Trinajstić information content (AvgIpc) is 2.38. The molecular formula is C15H25N5. The summed E-state index contributed by atoms with van der Waals surface area (Å²) >= 11 is 0. The van der Waals surface area contributed by atoms with Crippen molar-refractivity contribution in [2.75, 3.05) is 31.1 Å². The summed E-state index contributed by atoms with van der Waals surface area (Å²) in [6, 6.07) is 8.05. The van der Waals surface area contributed by atoms with Gasteiger partial charge in [-0.1, -0.05) is 0 Å². The molecule has 1 aliphatic heterocycles. The molecule has 0 spiro atoms. The molecule has 0 saturated carbocycles. The van der Waals surface area contributed by atoms with Crippen molar-refractivity contribution in [1.82, 2.24) is 4.90 Å². The van der Waals surface area contributed by atoms with Crippen molar-refractivity contribution in [1.29, 1.82) is 0 Å². The molecule has 0 aliphatic carbocycles. The summed E-state index contributed by atoms with van der Waals surface area (Å²) in [6.07, 6.45) is 0. The van der Waals surface area contributed by atoms with Gasteiger partial charge >= 0.3 is 0 Å². The highest BCUT2D eigenvalue weighted by atomic mass is 15.3. The Morgan fingerprint density at radius 3 is 2.00 bits per heavy atom. The van der Waals surface area contributed by atoms with Crippen LogP contribution in [0, 0.1) is 0 Å². The Morgan fingerprint density at radius 2 is 1.55 bits per heavy atom. The van der Waals surface area contributed by atoms with Gasteiger partial charge in [0.25, 0.3) is 0 Å². The molecule has 0 radical (unpaired) electrons. The van der Waals surface area contributed by atoms with E-state index in [1.807, 2.05) is 12.1 Å². The fourth-order valence-corrected chi connectivity index (χ4v) is 2.52. The minimum atomic E-state index is 0.0940. The molecule has 1 fully saturated rings. The number of benzene rings is 1. The molecular weight excluding hydrogens is 250 g/mol. The molecule has 0 atom stereocenters. The third kappa shape index (κ3) is 3.63. The molecule has 20 heavy (non-hydrogen) atoms. The highest BCUT2D eigenvalue weighted by Crippen LogP contribution is 2.23. The first-order valence-corrected chi connectivity index (χ1v) is 7.06. The van der Waals surface area contributed by atoms with Gasteiger partial charge < -0.3 is 16.4 Å². The van der Waals surface area contributed by atoms with Gasteiger partial charge in [0.2, 0.25) is 0 Å². The molecule has 1 aliphatic rings. The van der Waals surface area contributed by atoms with Gasteiger partial charge in [0.1, 0.15) is 0 Å². The first kappa shape index (κ1) is 14.7. The average molecular weight is 275 g/mol. The zero-order valence-electron chi connectivity index (χ0n) is 12.6. The summed E-state index contributed by atoms with van der Waals surface area (Å²) in [5, 5.41) is 0. The highest BCUT2D eigenvalue weighted by Gasteiger charge is 2.25. The smallest absolute Gasteiger partial charge is 0.191 e. The van der Waals surface area contributed by atoms with Crippen molar-refractivity contribution in [3.8, 4) is 0 Å². The first-order chi connectivity index (χ1) is 9.36. The van der Waals surface area contributed by atoms with E-state index in [0.717, 1.165) is 31.9 Å². The Bertz CT molecular complexity index is 460. The van der Waals surface area contributed by atoms with Gasteiger partial charge in [0.05, 0.1) is 5.69 Å². The van der Waals surface area contributed by atoms with E-state index in [0.29, 0.717) is 0 Å². The Kier molecular flexibility index (Phi) is 4.18. The minimum Gasteiger partial charge on any atom is -0.370 e. The molecule has 0 bridgehead atoms. The molecule has 110 valence electrons. The van der Waals surface area contributed by atoms with Crippen LogP contribution in [0.5, 0.6) is 0 Å². The van der Waals surface area contributed by atoms with Gasteiger partial charge in [-0.05, 0) is 45.0 Å². The molecule has 0 aromatic heterocycles. The van der Waals surface area contributed by atoms with Crippen LogP contribution in [-0.4, -0.2) is 42.6 Å². The molecule has 1 aromatic carbocycles. The lowest BCUT2D eigenvalue weighted by atomic mass is 10.0. The molecule has 5 nitrogen and oxygen atoms in total. The van der Waals surface area contributed by atoms with E-state index in [-0.39, 0.29) is 11.5 Å². The Hall–Kier alpha value is -1.75. The van der Waals surface area contributed by atoms with Crippen LogP contribution < -0.4 is 16.4 Å². The van der Waals surface area contributed by atoms with Crippen molar-refractivity contribution in [3.63, 3.8) is 0 Å². The lowest BCUT2D eigenvalue weighted by molar-refractivity contribution is 0.128. The molecule has 0 amide bonds. The number of aliphatic imine (C=N–C) groups is 1. The molecule has 0 unspecified atom stereocenters. The third-order valence-corrected chi connectivity index (χ3v) is 3.70. The number of guanidine groups is 1. The largest absolute Gasteiger partial charge is 0.370 e. The summed E-state index contributed by atoms with van der Waals surface area (Å²) in [7, 11) is 0. The fraction of sp³-hybridized carbons (Fsp3) is 0.533. The predicted molar refractivity (Wildman–Crippen MR) is 85.5 cm³/mol. The van der Waals surface area contributed by atoms with Gasteiger partial charge in [-0.25, -0.2) is 4.99 Å². The summed E-state index contributed by atoms with van der Waals surface area (Å²) in [5.74, 6) is 0.0940. The van der Waals surface area contributed by atoms with Gasteiger partial charge in [-0.15, -0.1) is 0 Å². The van der Waals surface area contributed by atoms with Gasteiger partial charge in [-0.3, -0.25) is 4.90 Å². The van der Waals surface area contributed by atoms with Gasteiger partial charge in [0.15, 0.2) is 5.96 Å². The van der Waals surface area contributed by atoms with Crippen molar-refractivity contribution in [2.24, 2.45) is 16.5 Å². The zero-order valence-corrected chi connectivity index (χ0v) is 12.6. The number of hydrogen-bond acceptors (Lipinski definition) is 3. The van der Waals surface area contributed by atoms with E-state index < -0.39 is 0 Å². The van der Waals surface area contributed by atoms with E-state index in [4.69, 9.17) is 11.5 Å². The molecule has 2 rings (SSSR count). The number of rotatable bonds is 2. The van der Waals surface area contributed by atoms with Crippen LogP contribution in [-0.2, 0) is 0 Å². The molecule has 1 aromatic rings. The fourth-order valence-electron chi connectivity index (χ4n) is 2.52. The zero-order chi connectivity index (χ0) is 14.8. The van der Waals surface area contributed by atoms with Crippen LogP contribution in [0.25, 0.3) is 0 Å². The summed E-state index contributed by atoms with van der Waals surface area (Å²) in [5.41, 5.74) is 13.0. The normalized spacial score (nSPS) is 17.1. The second kappa shape index (κ2) is 5.71. The van der Waals surface area contributed by atoms with Gasteiger partial charge in [-0.2, -0.15) is 0 Å². The maximum atomic E-state index is 5.37. The number of nitrogens with zero attached hydrogens (tertiary/aromatic N) is 3. The lowest BCUT2D eigenvalue weighted by Gasteiger charge is -2.43. The van der Waals surface area contributed by atoms with Crippen LogP contribution in [0.15, 0.2) is 29.3 Å². The quantitative estimate of drug-likeness (QED) is 0.634. The number of hydrogen-bond donors (Lipinski definition) is 2. The number of anilines is 1. The topological polar surface area (TPSA) is 70.9 Å². The predicted octanol–water partition coefficient (Wildman–Crippen LogP) is 1.51. The van der Waals surface area contributed by atoms with Gasteiger partial charge in [0, 0.05) is 37.4 Å². The minimum absolute atomic E-state index is 0.0940. The summed E-state index contributed by atoms with van der Waals surface area (Å²) < 4.78 is 0. The number of nitrogens with two attached hydrogens (primary N) is 2. The van der Waals surface area contributed by atoms with Crippen molar-refractivity contribution < 1.29 is 0 Å². The summed E-state index contributed by atoms with van der Waals surface area (Å²) in [6.45, 7) is 11.1. The van der Waals surface area contributed by atoms with Crippen LogP contribution in [0.2, 0.25) is 0 Å². The molecule has 1 heterocycles. The van der Waals surface area contributed by atoms with Crippen molar-refractivity contribution >= 4 is 17.3 Å². The molecule has 4 N–H and O–H groups in total. The van der Waals surface area contributed by atoms with Crippen LogP contribution in [0.1, 0.15) is 20.8 Å². The van der Waals surface area contributed by atoms with Crippen molar-refractivity contribution in [2.45, 2.75) is 26.3 Å². The monoisotopic (exact) mass is 275 g/mol. The first-order valence-electron chi connectivity index (χ1n) is 7.06. The second-order valence-corrected chi connectivity index (χ2v) is 6.20. The number of piperazine rings is 1. The molecule has 5 heteroatoms. The van der Waals surface area contributed by atoms with E-state index in [9.17, 15) is 0 Å². The van der Waals surface area contributed by atoms with Crippen LogP contribution >= 0.6 is 0 Å². The van der Waals surface area contributed by atoms with E-state index in [1.165, 1.54) is 5.69 Å². The van der Waals surface area contributed by atoms with Crippen molar-refractivity contribution in [3.05, 3.63) is 24.3 Å². The lowest BCUT2D eigenvalue weighted by Crippen LogP contribution is -2.53. The summed E-state index contributed by atoms with van der Waals surface area (Å²) in [4.78, 5) is 8.96. The van der Waals surface area contributed by atoms with Crippen LogP contribution in [0.3, 0.4) is 0 Å². The Morgan fingerprint density at radius 1 is 1.00 bits per heavy atom. The van der Waals surface area contributed by atoms with E-state index >= 15 is 0 Å². The maximum absolute atomic E-state index is 5.37.